The molecule has 7 heteroatoms. The Labute approximate surface area is 149 Å². The van der Waals surface area contributed by atoms with Gasteiger partial charge in [0, 0.05) is 38.4 Å². The lowest BCUT2D eigenvalue weighted by Gasteiger charge is -2.33. The molecule has 1 N–H and O–H groups in total. The fourth-order valence-corrected chi connectivity index (χ4v) is 3.93. The van der Waals surface area contributed by atoms with Crippen LogP contribution in [0.25, 0.3) is 0 Å². The first-order valence-corrected chi connectivity index (χ1v) is 9.29. The Morgan fingerprint density at radius 3 is 2.68 bits per heavy atom. The van der Waals surface area contributed by atoms with Crippen LogP contribution in [0.15, 0.2) is 0 Å². The van der Waals surface area contributed by atoms with Crippen LogP contribution in [0.2, 0.25) is 0 Å². The largest absolute Gasteiger partial charge is 0.387 e. The Morgan fingerprint density at radius 2 is 2.00 bits per heavy atom. The van der Waals surface area contributed by atoms with Gasteiger partial charge in [0.25, 0.3) is 5.91 Å². The summed E-state index contributed by atoms with van der Waals surface area (Å²) >= 11 is 0. The molecule has 1 amide bonds. The number of aryl methyl sites for hydroxylation is 2. The topological polar surface area (TPSA) is 70.8 Å². The maximum Gasteiger partial charge on any atom is 0.257 e. The number of rotatable bonds is 5. The van der Waals surface area contributed by atoms with Crippen LogP contribution >= 0.6 is 0 Å². The first kappa shape index (κ1) is 18.4. The van der Waals surface area contributed by atoms with Crippen LogP contribution in [0.3, 0.4) is 0 Å². The molecule has 3 rings (SSSR count). The van der Waals surface area contributed by atoms with Gasteiger partial charge in [0.1, 0.15) is 0 Å². The predicted molar refractivity (Wildman–Crippen MR) is 94.7 cm³/mol. The van der Waals surface area contributed by atoms with E-state index < -0.39 is 5.60 Å². The zero-order chi connectivity index (χ0) is 18.0. The molecular weight excluding hydrogens is 320 g/mol. The summed E-state index contributed by atoms with van der Waals surface area (Å²) in [5.74, 6) is -0.00439. The molecular formula is C18H30N4O3. The van der Waals surface area contributed by atoms with E-state index in [1.165, 1.54) is 0 Å². The van der Waals surface area contributed by atoms with Gasteiger partial charge < -0.3 is 14.7 Å². The molecule has 2 saturated heterocycles. The molecule has 1 atom stereocenters. The highest BCUT2D eigenvalue weighted by Gasteiger charge is 2.40. The average molecular weight is 350 g/mol. The van der Waals surface area contributed by atoms with Crippen molar-refractivity contribution >= 4 is 5.91 Å². The molecule has 0 aromatic carbocycles. The number of morpholine rings is 1. The number of amides is 1. The molecule has 0 unspecified atom stereocenters. The van der Waals surface area contributed by atoms with Crippen LogP contribution in [-0.4, -0.2) is 82.1 Å². The minimum absolute atomic E-state index is 0.00439. The summed E-state index contributed by atoms with van der Waals surface area (Å²) in [6.07, 6.45) is 1.61. The van der Waals surface area contributed by atoms with Crippen LogP contribution in [-0.2, 0) is 11.3 Å². The van der Waals surface area contributed by atoms with E-state index in [4.69, 9.17) is 4.74 Å². The average Bonchev–Trinajstić information content (AvgIpc) is 3.09. The third-order valence-corrected chi connectivity index (χ3v) is 5.27. The lowest BCUT2D eigenvalue weighted by molar-refractivity contribution is -0.0257. The molecule has 0 bridgehead atoms. The minimum Gasteiger partial charge on any atom is -0.387 e. The number of hydrogen-bond donors (Lipinski definition) is 1. The number of hydrogen-bond acceptors (Lipinski definition) is 5. The lowest BCUT2D eigenvalue weighted by Crippen LogP contribution is -2.49. The van der Waals surface area contributed by atoms with E-state index in [1.54, 1.807) is 4.90 Å². The number of β-amino-alcohol motifs (C(OH)–C–C–N with tert-alkyl or cyclic N) is 1. The number of carbonyl (C=O) groups is 1. The second kappa shape index (κ2) is 7.43. The van der Waals surface area contributed by atoms with Gasteiger partial charge in [-0.05, 0) is 26.7 Å². The van der Waals surface area contributed by atoms with Crippen LogP contribution in [0.5, 0.6) is 0 Å². The Hall–Kier alpha value is -1.44. The highest BCUT2D eigenvalue weighted by atomic mass is 16.5. The minimum atomic E-state index is -0.825. The van der Waals surface area contributed by atoms with E-state index in [-0.39, 0.29) is 5.91 Å². The molecule has 0 spiro atoms. The molecule has 2 fully saturated rings. The van der Waals surface area contributed by atoms with E-state index in [9.17, 15) is 9.90 Å². The van der Waals surface area contributed by atoms with Crippen molar-refractivity contribution in [1.82, 2.24) is 19.6 Å². The summed E-state index contributed by atoms with van der Waals surface area (Å²) in [5.41, 5.74) is 1.57. The van der Waals surface area contributed by atoms with Crippen molar-refractivity contribution in [2.75, 3.05) is 45.9 Å². The molecule has 2 aliphatic rings. The molecule has 1 aromatic heterocycles. The lowest BCUT2D eigenvalue weighted by atomic mass is 10.0. The van der Waals surface area contributed by atoms with Crippen molar-refractivity contribution in [3.05, 3.63) is 17.0 Å². The fraction of sp³-hybridized carbons (Fsp3) is 0.778. The summed E-state index contributed by atoms with van der Waals surface area (Å²) in [6.45, 7) is 11.5. The van der Waals surface area contributed by atoms with Crippen molar-refractivity contribution in [2.24, 2.45) is 0 Å². The van der Waals surface area contributed by atoms with Gasteiger partial charge in [0.2, 0.25) is 0 Å². The molecule has 140 valence electrons. The Balaban J connectivity index is 1.68. The summed E-state index contributed by atoms with van der Waals surface area (Å²) in [7, 11) is 0. The van der Waals surface area contributed by atoms with Crippen molar-refractivity contribution in [3.8, 4) is 0 Å². The van der Waals surface area contributed by atoms with E-state index >= 15 is 0 Å². The monoisotopic (exact) mass is 350 g/mol. The maximum atomic E-state index is 13.0. The second-order valence-electron chi connectivity index (χ2n) is 7.36. The van der Waals surface area contributed by atoms with Gasteiger partial charge in [-0.3, -0.25) is 14.4 Å². The van der Waals surface area contributed by atoms with Gasteiger partial charge in [0.05, 0.1) is 36.6 Å². The van der Waals surface area contributed by atoms with Gasteiger partial charge >= 0.3 is 0 Å². The predicted octanol–water partition coefficient (Wildman–Crippen LogP) is 0.819. The van der Waals surface area contributed by atoms with Gasteiger partial charge in [-0.2, -0.15) is 5.10 Å². The third kappa shape index (κ3) is 3.88. The number of aliphatic hydroxyl groups is 1. The quantitative estimate of drug-likeness (QED) is 0.851. The summed E-state index contributed by atoms with van der Waals surface area (Å²) in [5, 5.41) is 15.4. The Kier molecular flexibility index (Phi) is 5.46. The second-order valence-corrected chi connectivity index (χ2v) is 7.36. The number of ether oxygens (including phenoxy) is 1. The molecule has 3 heterocycles. The number of likely N-dealkylation sites (tertiary alicyclic amines) is 1. The smallest absolute Gasteiger partial charge is 0.257 e. The number of aromatic nitrogens is 2. The van der Waals surface area contributed by atoms with E-state index in [1.807, 2.05) is 18.5 Å². The third-order valence-electron chi connectivity index (χ3n) is 5.27. The standard InChI is InChI=1S/C18H30N4O3/c1-4-6-22-15(3)16(14(2)19-22)17(23)21-7-5-18(24,13-21)12-20-8-10-25-11-9-20/h24H,4-13H2,1-3H3/t18-/m0/s1. The number of carbonyl (C=O) groups excluding carboxylic acids is 1. The fourth-order valence-electron chi connectivity index (χ4n) is 3.93. The first-order valence-electron chi connectivity index (χ1n) is 9.29. The first-order chi connectivity index (χ1) is 11.9. The maximum absolute atomic E-state index is 13.0. The van der Waals surface area contributed by atoms with Gasteiger partial charge in [-0.1, -0.05) is 6.92 Å². The normalized spacial score (nSPS) is 24.9. The van der Waals surface area contributed by atoms with E-state index in [0.717, 1.165) is 37.4 Å². The zero-order valence-corrected chi connectivity index (χ0v) is 15.6. The van der Waals surface area contributed by atoms with Gasteiger partial charge in [0.15, 0.2) is 0 Å². The zero-order valence-electron chi connectivity index (χ0n) is 15.6. The van der Waals surface area contributed by atoms with Crippen molar-refractivity contribution in [3.63, 3.8) is 0 Å². The Morgan fingerprint density at radius 1 is 1.28 bits per heavy atom. The van der Waals surface area contributed by atoms with Crippen LogP contribution in [0.1, 0.15) is 41.5 Å². The molecule has 2 aliphatic heterocycles. The van der Waals surface area contributed by atoms with E-state index in [2.05, 4.69) is 16.9 Å². The molecule has 25 heavy (non-hydrogen) atoms. The molecule has 1 aromatic rings. The van der Waals surface area contributed by atoms with Crippen molar-refractivity contribution in [1.29, 1.82) is 0 Å². The highest BCUT2D eigenvalue weighted by molar-refractivity contribution is 5.96. The summed E-state index contributed by atoms with van der Waals surface area (Å²) in [4.78, 5) is 17.0. The molecule has 7 nitrogen and oxygen atoms in total. The molecule has 0 aliphatic carbocycles. The van der Waals surface area contributed by atoms with Crippen molar-refractivity contribution < 1.29 is 14.6 Å². The van der Waals surface area contributed by atoms with Crippen LogP contribution in [0.4, 0.5) is 0 Å². The highest BCUT2D eigenvalue weighted by Crippen LogP contribution is 2.26. The summed E-state index contributed by atoms with van der Waals surface area (Å²) in [6, 6.07) is 0. The Bertz CT molecular complexity index is 624. The van der Waals surface area contributed by atoms with Gasteiger partial charge in [-0.15, -0.1) is 0 Å². The van der Waals surface area contributed by atoms with E-state index in [0.29, 0.717) is 44.8 Å². The summed E-state index contributed by atoms with van der Waals surface area (Å²) < 4.78 is 7.28. The van der Waals surface area contributed by atoms with Gasteiger partial charge in [-0.25, -0.2) is 0 Å². The van der Waals surface area contributed by atoms with Crippen LogP contribution in [0, 0.1) is 13.8 Å². The van der Waals surface area contributed by atoms with Crippen molar-refractivity contribution in [2.45, 2.75) is 45.8 Å². The SMILES string of the molecule is CCCn1nc(C)c(C(=O)N2CC[C@](O)(CN3CCOCC3)C2)c1C. The van der Waals surface area contributed by atoms with Crippen LogP contribution < -0.4 is 0 Å². The molecule has 0 saturated carbocycles. The molecule has 0 radical (unpaired) electrons. The number of nitrogens with zero attached hydrogens (tertiary/aromatic N) is 4.